The van der Waals surface area contributed by atoms with Gasteiger partial charge in [0.1, 0.15) is 5.41 Å². The number of aromatic nitrogens is 1. The summed E-state index contributed by atoms with van der Waals surface area (Å²) in [5.41, 5.74) is 0.168. The van der Waals surface area contributed by atoms with Crippen LogP contribution in [-0.4, -0.2) is 30.1 Å². The van der Waals surface area contributed by atoms with Crippen molar-refractivity contribution in [1.82, 2.24) is 4.98 Å². The molecule has 1 heterocycles. The number of nitrogens with zero attached hydrogens (tertiary/aromatic N) is 2. The van der Waals surface area contributed by atoms with Crippen LogP contribution in [0.15, 0.2) is 5.38 Å². The summed E-state index contributed by atoms with van der Waals surface area (Å²) in [6, 6.07) is 0.676. The van der Waals surface area contributed by atoms with Gasteiger partial charge in [-0.2, -0.15) is 0 Å². The van der Waals surface area contributed by atoms with Gasteiger partial charge in [0.05, 0.1) is 12.3 Å². The zero-order chi connectivity index (χ0) is 15.0. The molecule has 0 bridgehead atoms. The van der Waals surface area contributed by atoms with Crippen LogP contribution in [0.1, 0.15) is 52.1 Å². The fraction of sp³-hybridized carbons (Fsp3) is 0.750. The summed E-state index contributed by atoms with van der Waals surface area (Å²) in [6.45, 7) is 7.18. The van der Waals surface area contributed by atoms with E-state index in [2.05, 4.69) is 4.90 Å². The molecular weight excluding hydrogens is 284 g/mol. The molecule has 4 nitrogen and oxygen atoms in total. The third-order valence-corrected chi connectivity index (χ3v) is 5.18. The summed E-state index contributed by atoms with van der Waals surface area (Å²) in [6.07, 6.45) is 5.28. The Morgan fingerprint density at radius 3 is 2.71 bits per heavy atom. The SMILES string of the molecule is CCOC(=O)C(C)(C)c1csc(N(CC2CC2)C2CC2)n1. The second-order valence-corrected chi connectivity index (χ2v) is 7.52. The molecule has 0 radical (unpaired) electrons. The van der Waals surface area contributed by atoms with Gasteiger partial charge in [-0.3, -0.25) is 4.79 Å². The third-order valence-electron chi connectivity index (χ3n) is 4.30. The Hall–Kier alpha value is -1.10. The summed E-state index contributed by atoms with van der Waals surface area (Å²) < 4.78 is 5.18. The number of ether oxygens (including phenoxy) is 1. The molecule has 0 atom stereocenters. The van der Waals surface area contributed by atoms with Gasteiger partial charge in [-0.25, -0.2) is 4.98 Å². The number of esters is 1. The predicted octanol–water partition coefficient (Wildman–Crippen LogP) is 3.36. The van der Waals surface area contributed by atoms with E-state index in [1.165, 1.54) is 25.7 Å². The fourth-order valence-corrected chi connectivity index (χ4v) is 3.52. The molecule has 0 saturated heterocycles. The van der Waals surface area contributed by atoms with E-state index in [9.17, 15) is 4.79 Å². The first-order chi connectivity index (χ1) is 10.0. The predicted molar refractivity (Wildman–Crippen MR) is 84.9 cm³/mol. The molecule has 0 unspecified atom stereocenters. The average molecular weight is 308 g/mol. The van der Waals surface area contributed by atoms with E-state index >= 15 is 0 Å². The Bertz CT molecular complexity index is 518. The van der Waals surface area contributed by atoms with Crippen molar-refractivity contribution in [3.8, 4) is 0 Å². The number of carbonyl (C=O) groups excluding carboxylic acids is 1. The Morgan fingerprint density at radius 1 is 1.43 bits per heavy atom. The van der Waals surface area contributed by atoms with E-state index in [1.54, 1.807) is 11.3 Å². The highest BCUT2D eigenvalue weighted by molar-refractivity contribution is 7.13. The first kappa shape index (κ1) is 14.8. The minimum absolute atomic E-state index is 0.193. The maximum absolute atomic E-state index is 12.1. The first-order valence-corrected chi connectivity index (χ1v) is 8.80. The topological polar surface area (TPSA) is 42.4 Å². The van der Waals surface area contributed by atoms with Crippen LogP contribution in [0.2, 0.25) is 0 Å². The van der Waals surface area contributed by atoms with E-state index < -0.39 is 5.41 Å². The number of hydrogen-bond acceptors (Lipinski definition) is 5. The van der Waals surface area contributed by atoms with Crippen molar-refractivity contribution in [3.63, 3.8) is 0 Å². The molecule has 21 heavy (non-hydrogen) atoms. The lowest BCUT2D eigenvalue weighted by Gasteiger charge is -2.22. The van der Waals surface area contributed by atoms with E-state index in [-0.39, 0.29) is 5.97 Å². The molecule has 1 aromatic heterocycles. The molecule has 0 aromatic carbocycles. The van der Waals surface area contributed by atoms with Crippen molar-refractivity contribution in [3.05, 3.63) is 11.1 Å². The van der Waals surface area contributed by atoms with Gasteiger partial charge in [0.25, 0.3) is 0 Å². The van der Waals surface area contributed by atoms with Gasteiger partial charge in [-0.15, -0.1) is 11.3 Å². The summed E-state index contributed by atoms with van der Waals surface area (Å²) in [5.74, 6) is 0.665. The number of thiazole rings is 1. The molecule has 0 aliphatic heterocycles. The molecule has 116 valence electrons. The summed E-state index contributed by atoms with van der Waals surface area (Å²) in [5, 5.41) is 3.10. The molecule has 2 aliphatic carbocycles. The summed E-state index contributed by atoms with van der Waals surface area (Å²) >= 11 is 1.67. The van der Waals surface area contributed by atoms with Crippen molar-refractivity contribution in [2.24, 2.45) is 5.92 Å². The quantitative estimate of drug-likeness (QED) is 0.724. The molecule has 2 fully saturated rings. The zero-order valence-corrected chi connectivity index (χ0v) is 13.9. The zero-order valence-electron chi connectivity index (χ0n) is 13.1. The Kier molecular flexibility index (Phi) is 3.95. The van der Waals surface area contributed by atoms with Crippen molar-refractivity contribution >= 4 is 22.4 Å². The van der Waals surface area contributed by atoms with Gasteiger partial charge in [-0.05, 0) is 52.4 Å². The van der Waals surface area contributed by atoms with E-state index in [1.807, 2.05) is 26.2 Å². The van der Waals surface area contributed by atoms with Crippen LogP contribution in [-0.2, 0) is 14.9 Å². The Balaban J connectivity index is 1.76. The second kappa shape index (κ2) is 5.59. The molecule has 1 aromatic rings. The van der Waals surface area contributed by atoms with E-state index in [0.29, 0.717) is 12.6 Å². The highest BCUT2D eigenvalue weighted by Crippen LogP contribution is 2.40. The highest BCUT2D eigenvalue weighted by Gasteiger charge is 2.38. The van der Waals surface area contributed by atoms with Crippen LogP contribution < -0.4 is 4.90 Å². The van der Waals surface area contributed by atoms with Crippen LogP contribution in [0.25, 0.3) is 0 Å². The first-order valence-electron chi connectivity index (χ1n) is 7.92. The van der Waals surface area contributed by atoms with Crippen LogP contribution in [0.4, 0.5) is 5.13 Å². The Morgan fingerprint density at radius 2 is 2.14 bits per heavy atom. The fourth-order valence-electron chi connectivity index (χ4n) is 2.45. The average Bonchev–Trinajstić information content (AvgIpc) is 3.35. The molecular formula is C16H24N2O2S. The standard InChI is InChI=1S/C16H24N2O2S/c1-4-20-14(19)16(2,3)13-10-21-15(17-13)18(12-7-8-12)9-11-5-6-11/h10-12H,4-9H2,1-3H3. The smallest absolute Gasteiger partial charge is 0.317 e. The van der Waals surface area contributed by atoms with Crippen LogP contribution >= 0.6 is 11.3 Å². The maximum atomic E-state index is 12.1. The van der Waals surface area contributed by atoms with Crippen molar-refractivity contribution in [1.29, 1.82) is 0 Å². The molecule has 2 aliphatic rings. The molecule has 0 spiro atoms. The molecule has 2 saturated carbocycles. The number of hydrogen-bond donors (Lipinski definition) is 0. The lowest BCUT2D eigenvalue weighted by molar-refractivity contribution is -0.148. The van der Waals surface area contributed by atoms with Gasteiger partial charge < -0.3 is 9.64 Å². The van der Waals surface area contributed by atoms with Crippen molar-refractivity contribution < 1.29 is 9.53 Å². The minimum atomic E-state index is -0.667. The van der Waals surface area contributed by atoms with Crippen molar-refractivity contribution in [2.75, 3.05) is 18.1 Å². The maximum Gasteiger partial charge on any atom is 0.317 e. The molecule has 0 amide bonds. The van der Waals surface area contributed by atoms with Gasteiger partial charge in [0.2, 0.25) is 0 Å². The molecule has 3 rings (SSSR count). The van der Waals surface area contributed by atoms with Gasteiger partial charge in [0, 0.05) is 18.0 Å². The summed E-state index contributed by atoms with van der Waals surface area (Å²) in [4.78, 5) is 19.3. The van der Waals surface area contributed by atoms with Crippen LogP contribution in [0, 0.1) is 5.92 Å². The lowest BCUT2D eigenvalue weighted by atomic mass is 9.90. The Labute approximate surface area is 130 Å². The monoisotopic (exact) mass is 308 g/mol. The second-order valence-electron chi connectivity index (χ2n) is 6.69. The largest absolute Gasteiger partial charge is 0.465 e. The normalized spacial score (nSPS) is 18.6. The van der Waals surface area contributed by atoms with Crippen LogP contribution in [0.5, 0.6) is 0 Å². The number of carbonyl (C=O) groups is 1. The summed E-state index contributed by atoms with van der Waals surface area (Å²) in [7, 11) is 0. The molecule has 0 N–H and O–H groups in total. The van der Waals surface area contributed by atoms with Crippen molar-refractivity contribution in [2.45, 2.75) is 57.9 Å². The van der Waals surface area contributed by atoms with Gasteiger partial charge >= 0.3 is 5.97 Å². The highest BCUT2D eigenvalue weighted by atomic mass is 32.1. The van der Waals surface area contributed by atoms with E-state index in [0.717, 1.165) is 23.3 Å². The molecule has 5 heteroatoms. The number of anilines is 1. The lowest BCUT2D eigenvalue weighted by Crippen LogP contribution is -2.32. The number of rotatable bonds is 7. The third kappa shape index (κ3) is 3.23. The van der Waals surface area contributed by atoms with E-state index in [4.69, 9.17) is 9.72 Å². The minimum Gasteiger partial charge on any atom is -0.465 e. The van der Waals surface area contributed by atoms with Gasteiger partial charge in [-0.1, -0.05) is 0 Å². The van der Waals surface area contributed by atoms with Crippen LogP contribution in [0.3, 0.4) is 0 Å². The van der Waals surface area contributed by atoms with Gasteiger partial charge in [0.15, 0.2) is 5.13 Å².